The molecular weight excluding hydrogens is 212 g/mol. The first-order valence-corrected chi connectivity index (χ1v) is 5.47. The van der Waals surface area contributed by atoms with E-state index >= 15 is 0 Å². The number of aryl methyl sites for hydroxylation is 1. The number of nitrogens with zero attached hydrogens (tertiary/aromatic N) is 2. The Morgan fingerprint density at radius 1 is 1.12 bits per heavy atom. The van der Waals surface area contributed by atoms with Crippen LogP contribution in [-0.2, 0) is 0 Å². The van der Waals surface area contributed by atoms with E-state index < -0.39 is 0 Å². The lowest BCUT2D eigenvalue weighted by Gasteiger charge is -2.04. The highest BCUT2D eigenvalue weighted by molar-refractivity contribution is 5.66. The van der Waals surface area contributed by atoms with Gasteiger partial charge in [-0.3, -0.25) is 0 Å². The SMILES string of the molecule is Cc1ncc2ccc(-c3cccc(O)c3)cn12. The van der Waals surface area contributed by atoms with E-state index in [0.29, 0.717) is 0 Å². The molecule has 0 saturated carbocycles. The maximum Gasteiger partial charge on any atom is 0.116 e. The summed E-state index contributed by atoms with van der Waals surface area (Å²) in [6.45, 7) is 1.97. The van der Waals surface area contributed by atoms with Gasteiger partial charge >= 0.3 is 0 Å². The maximum atomic E-state index is 9.48. The Labute approximate surface area is 99.0 Å². The molecule has 3 rings (SSSR count). The van der Waals surface area contributed by atoms with Crippen LogP contribution in [0.25, 0.3) is 16.6 Å². The molecule has 1 N–H and O–H groups in total. The van der Waals surface area contributed by atoms with Crippen LogP contribution in [0.3, 0.4) is 0 Å². The van der Waals surface area contributed by atoms with Gasteiger partial charge in [-0.05, 0) is 36.2 Å². The van der Waals surface area contributed by atoms with E-state index in [2.05, 4.69) is 4.98 Å². The lowest BCUT2D eigenvalue weighted by molar-refractivity contribution is 0.475. The fourth-order valence-electron chi connectivity index (χ4n) is 1.98. The molecule has 0 bridgehead atoms. The van der Waals surface area contributed by atoms with Crippen molar-refractivity contribution in [3.8, 4) is 16.9 Å². The van der Waals surface area contributed by atoms with Crippen molar-refractivity contribution < 1.29 is 5.11 Å². The third-order valence-corrected chi connectivity index (χ3v) is 2.89. The monoisotopic (exact) mass is 224 g/mol. The highest BCUT2D eigenvalue weighted by Gasteiger charge is 2.02. The molecule has 1 aromatic carbocycles. The number of imidazole rings is 1. The van der Waals surface area contributed by atoms with Crippen molar-refractivity contribution in [1.82, 2.24) is 9.38 Å². The summed E-state index contributed by atoms with van der Waals surface area (Å²) < 4.78 is 2.04. The van der Waals surface area contributed by atoms with Crippen LogP contribution in [0.1, 0.15) is 5.82 Å². The zero-order chi connectivity index (χ0) is 11.8. The van der Waals surface area contributed by atoms with Gasteiger partial charge in [0.2, 0.25) is 0 Å². The Kier molecular flexibility index (Phi) is 2.11. The van der Waals surface area contributed by atoms with Gasteiger partial charge in [-0.1, -0.05) is 18.2 Å². The maximum absolute atomic E-state index is 9.48. The quantitative estimate of drug-likeness (QED) is 0.690. The first-order valence-electron chi connectivity index (χ1n) is 5.47. The Morgan fingerprint density at radius 3 is 2.82 bits per heavy atom. The molecular formula is C14H12N2O. The van der Waals surface area contributed by atoms with Crippen LogP contribution in [0, 0.1) is 6.92 Å². The summed E-state index contributed by atoms with van der Waals surface area (Å²) >= 11 is 0. The summed E-state index contributed by atoms with van der Waals surface area (Å²) in [7, 11) is 0. The summed E-state index contributed by atoms with van der Waals surface area (Å²) in [4.78, 5) is 4.26. The minimum absolute atomic E-state index is 0.282. The van der Waals surface area contributed by atoms with Gasteiger partial charge in [-0.2, -0.15) is 0 Å². The van der Waals surface area contributed by atoms with Crippen LogP contribution in [0.2, 0.25) is 0 Å². The van der Waals surface area contributed by atoms with Crippen LogP contribution in [0.15, 0.2) is 48.8 Å². The molecule has 0 saturated heterocycles. The summed E-state index contributed by atoms with van der Waals surface area (Å²) in [6, 6.07) is 11.3. The number of aromatic hydroxyl groups is 1. The van der Waals surface area contributed by atoms with E-state index in [0.717, 1.165) is 22.5 Å². The second-order valence-corrected chi connectivity index (χ2v) is 4.07. The van der Waals surface area contributed by atoms with Gasteiger partial charge in [0.15, 0.2) is 0 Å². The molecule has 0 unspecified atom stereocenters. The number of benzene rings is 1. The second kappa shape index (κ2) is 3.63. The normalized spacial score (nSPS) is 10.9. The molecule has 0 amide bonds. The smallest absolute Gasteiger partial charge is 0.116 e. The number of phenols is 1. The first-order chi connectivity index (χ1) is 8.24. The Hall–Kier alpha value is -2.29. The average Bonchev–Trinajstić information content (AvgIpc) is 2.71. The molecule has 3 heteroatoms. The number of hydrogen-bond donors (Lipinski definition) is 1. The fraction of sp³-hybridized carbons (Fsp3) is 0.0714. The summed E-state index contributed by atoms with van der Waals surface area (Å²) in [5.74, 6) is 1.24. The number of hydrogen-bond acceptors (Lipinski definition) is 2. The van der Waals surface area contributed by atoms with Crippen LogP contribution in [0.4, 0.5) is 0 Å². The summed E-state index contributed by atoms with van der Waals surface area (Å²) in [5.41, 5.74) is 3.14. The first kappa shape index (κ1) is 9.90. The molecule has 0 radical (unpaired) electrons. The number of rotatable bonds is 1. The van der Waals surface area contributed by atoms with Gasteiger partial charge in [0.25, 0.3) is 0 Å². The van der Waals surface area contributed by atoms with Crippen LogP contribution >= 0.6 is 0 Å². The van der Waals surface area contributed by atoms with Gasteiger partial charge in [-0.15, -0.1) is 0 Å². The summed E-state index contributed by atoms with van der Waals surface area (Å²) in [6.07, 6.45) is 3.88. The van der Waals surface area contributed by atoms with Crippen LogP contribution in [-0.4, -0.2) is 14.5 Å². The van der Waals surface area contributed by atoms with E-state index in [-0.39, 0.29) is 5.75 Å². The topological polar surface area (TPSA) is 37.5 Å². The molecule has 84 valence electrons. The lowest BCUT2D eigenvalue weighted by Crippen LogP contribution is -1.88. The van der Waals surface area contributed by atoms with Crippen molar-refractivity contribution in [2.45, 2.75) is 6.92 Å². The van der Waals surface area contributed by atoms with E-state index in [1.54, 1.807) is 12.1 Å². The predicted molar refractivity (Wildman–Crippen MR) is 67.0 cm³/mol. The molecule has 17 heavy (non-hydrogen) atoms. The van der Waals surface area contributed by atoms with Crippen molar-refractivity contribution in [2.75, 3.05) is 0 Å². The molecule has 3 aromatic rings. The largest absolute Gasteiger partial charge is 0.508 e. The van der Waals surface area contributed by atoms with Gasteiger partial charge in [0, 0.05) is 6.20 Å². The van der Waals surface area contributed by atoms with Crippen molar-refractivity contribution >= 4 is 5.52 Å². The molecule has 0 spiro atoms. The molecule has 0 aliphatic heterocycles. The van der Waals surface area contributed by atoms with Crippen molar-refractivity contribution in [1.29, 1.82) is 0 Å². The molecule has 3 nitrogen and oxygen atoms in total. The number of pyridine rings is 1. The van der Waals surface area contributed by atoms with Gasteiger partial charge in [0.05, 0.1) is 11.7 Å². The van der Waals surface area contributed by atoms with E-state index in [9.17, 15) is 5.11 Å². The third-order valence-electron chi connectivity index (χ3n) is 2.89. The molecule has 2 heterocycles. The number of fused-ring (bicyclic) bond motifs is 1. The number of aromatic nitrogens is 2. The van der Waals surface area contributed by atoms with Crippen LogP contribution < -0.4 is 0 Å². The lowest BCUT2D eigenvalue weighted by atomic mass is 10.1. The third kappa shape index (κ3) is 1.65. The van der Waals surface area contributed by atoms with E-state index in [1.165, 1.54) is 0 Å². The minimum Gasteiger partial charge on any atom is -0.508 e. The van der Waals surface area contributed by atoms with Gasteiger partial charge in [0.1, 0.15) is 11.6 Å². The van der Waals surface area contributed by atoms with Crippen molar-refractivity contribution in [3.05, 3.63) is 54.6 Å². The van der Waals surface area contributed by atoms with Crippen molar-refractivity contribution in [3.63, 3.8) is 0 Å². The zero-order valence-electron chi connectivity index (χ0n) is 9.46. The van der Waals surface area contributed by atoms with E-state index in [1.807, 2.05) is 48.0 Å². The summed E-state index contributed by atoms with van der Waals surface area (Å²) in [5, 5.41) is 9.48. The molecule has 0 fully saturated rings. The highest BCUT2D eigenvalue weighted by atomic mass is 16.3. The van der Waals surface area contributed by atoms with Gasteiger partial charge in [-0.25, -0.2) is 4.98 Å². The molecule has 0 aliphatic rings. The Balaban J connectivity index is 2.20. The molecule has 0 aliphatic carbocycles. The van der Waals surface area contributed by atoms with Crippen LogP contribution in [0.5, 0.6) is 5.75 Å². The highest BCUT2D eigenvalue weighted by Crippen LogP contribution is 2.23. The number of phenolic OH excluding ortho intramolecular Hbond substituents is 1. The Bertz CT molecular complexity index is 686. The average molecular weight is 224 g/mol. The standard InChI is InChI=1S/C14H12N2O/c1-10-15-8-13-6-5-12(9-16(10)13)11-3-2-4-14(17)7-11/h2-9,17H,1H3. The molecule has 2 aromatic heterocycles. The van der Waals surface area contributed by atoms with Crippen molar-refractivity contribution in [2.24, 2.45) is 0 Å². The van der Waals surface area contributed by atoms with Gasteiger partial charge < -0.3 is 9.51 Å². The molecule has 0 atom stereocenters. The second-order valence-electron chi connectivity index (χ2n) is 4.07. The predicted octanol–water partition coefficient (Wildman–Crippen LogP) is 3.02. The zero-order valence-corrected chi connectivity index (χ0v) is 9.46. The minimum atomic E-state index is 0.282. The fourth-order valence-corrected chi connectivity index (χ4v) is 1.98. The Morgan fingerprint density at radius 2 is 2.00 bits per heavy atom. The van der Waals surface area contributed by atoms with E-state index in [4.69, 9.17) is 0 Å².